The van der Waals surface area contributed by atoms with E-state index >= 15 is 0 Å². The molecule has 20 heavy (non-hydrogen) atoms. The van der Waals surface area contributed by atoms with Gasteiger partial charge in [-0.1, -0.05) is 12.1 Å². The van der Waals surface area contributed by atoms with Crippen molar-refractivity contribution >= 4 is 11.8 Å². The molecule has 0 amide bonds. The van der Waals surface area contributed by atoms with Gasteiger partial charge in [0.2, 0.25) is 0 Å². The number of aromatic carboxylic acids is 1. The first kappa shape index (κ1) is 12.7. The molecule has 0 fully saturated rings. The summed E-state index contributed by atoms with van der Waals surface area (Å²) in [5, 5.41) is 9.03. The Morgan fingerprint density at radius 1 is 1.10 bits per heavy atom. The summed E-state index contributed by atoms with van der Waals surface area (Å²) < 4.78 is 1.46. The highest BCUT2D eigenvalue weighted by molar-refractivity contribution is 6.10. The van der Waals surface area contributed by atoms with Crippen molar-refractivity contribution in [1.82, 2.24) is 4.57 Å². The van der Waals surface area contributed by atoms with E-state index in [9.17, 15) is 9.59 Å². The van der Waals surface area contributed by atoms with Crippen molar-refractivity contribution in [2.24, 2.45) is 7.05 Å². The molecule has 1 aromatic carbocycles. The summed E-state index contributed by atoms with van der Waals surface area (Å²) in [5.74, 6) is -1.15. The molecule has 1 aliphatic carbocycles. The maximum atomic E-state index is 12.4. The summed E-state index contributed by atoms with van der Waals surface area (Å²) in [6, 6.07) is 7.21. The fraction of sp³-hybridized carbons (Fsp3) is 0.250. The van der Waals surface area contributed by atoms with Gasteiger partial charge in [-0.25, -0.2) is 4.79 Å². The third kappa shape index (κ3) is 2.03. The molecule has 0 saturated heterocycles. The first-order valence-electron chi connectivity index (χ1n) is 6.62. The minimum Gasteiger partial charge on any atom is -0.477 e. The van der Waals surface area contributed by atoms with Gasteiger partial charge in [0.25, 0.3) is 0 Å². The molecule has 0 radical (unpaired) electrons. The van der Waals surface area contributed by atoms with Gasteiger partial charge in [0, 0.05) is 24.4 Å². The number of aryl methyl sites for hydroxylation is 3. The van der Waals surface area contributed by atoms with Gasteiger partial charge in [-0.3, -0.25) is 4.79 Å². The van der Waals surface area contributed by atoms with Gasteiger partial charge in [-0.2, -0.15) is 0 Å². The van der Waals surface area contributed by atoms with Crippen LogP contribution in [0.1, 0.15) is 44.0 Å². The predicted octanol–water partition coefficient (Wildman–Crippen LogP) is 2.44. The summed E-state index contributed by atoms with van der Waals surface area (Å²) >= 11 is 0. The number of carboxylic acid groups (broad SMARTS) is 1. The van der Waals surface area contributed by atoms with Crippen LogP contribution in [0.4, 0.5) is 0 Å². The highest BCUT2D eigenvalue weighted by Gasteiger charge is 2.18. The number of fused-ring (bicyclic) bond motifs is 1. The molecule has 0 aliphatic heterocycles. The second-order valence-corrected chi connectivity index (χ2v) is 5.20. The molecule has 3 rings (SSSR count). The van der Waals surface area contributed by atoms with Crippen LogP contribution in [-0.2, 0) is 19.9 Å². The van der Waals surface area contributed by atoms with Gasteiger partial charge < -0.3 is 9.67 Å². The Bertz CT molecular complexity index is 713. The standard InChI is InChI=1S/C16H15NO3/c1-17-9-13(8-14(17)16(19)20)15(18)12-6-5-10-3-2-4-11(10)7-12/h5-9H,2-4H2,1H3,(H,19,20). The lowest BCUT2D eigenvalue weighted by molar-refractivity contribution is 0.0686. The van der Waals surface area contributed by atoms with Crippen LogP contribution in [-0.4, -0.2) is 21.4 Å². The number of aromatic nitrogens is 1. The van der Waals surface area contributed by atoms with Crippen molar-refractivity contribution < 1.29 is 14.7 Å². The Morgan fingerprint density at radius 3 is 2.55 bits per heavy atom. The van der Waals surface area contributed by atoms with Crippen molar-refractivity contribution in [2.45, 2.75) is 19.3 Å². The molecule has 0 unspecified atom stereocenters. The first-order valence-corrected chi connectivity index (χ1v) is 6.62. The number of carbonyl (C=O) groups is 2. The van der Waals surface area contributed by atoms with Gasteiger partial charge in [0.05, 0.1) is 0 Å². The number of hydrogen-bond donors (Lipinski definition) is 1. The maximum absolute atomic E-state index is 12.4. The van der Waals surface area contributed by atoms with Crippen molar-refractivity contribution in [3.8, 4) is 0 Å². The monoisotopic (exact) mass is 269 g/mol. The Morgan fingerprint density at radius 2 is 1.85 bits per heavy atom. The second kappa shape index (κ2) is 4.63. The van der Waals surface area contributed by atoms with E-state index < -0.39 is 5.97 Å². The Balaban J connectivity index is 1.96. The zero-order valence-corrected chi connectivity index (χ0v) is 11.2. The molecule has 0 saturated carbocycles. The highest BCUT2D eigenvalue weighted by Crippen LogP contribution is 2.24. The summed E-state index contributed by atoms with van der Waals surface area (Å²) in [4.78, 5) is 23.4. The lowest BCUT2D eigenvalue weighted by Gasteiger charge is -2.03. The van der Waals surface area contributed by atoms with E-state index in [2.05, 4.69) is 0 Å². The largest absolute Gasteiger partial charge is 0.477 e. The molecule has 1 aliphatic rings. The number of benzene rings is 1. The molecule has 1 aromatic heterocycles. The average molecular weight is 269 g/mol. The van der Waals surface area contributed by atoms with Crippen LogP contribution < -0.4 is 0 Å². The molecule has 102 valence electrons. The summed E-state index contributed by atoms with van der Waals surface area (Å²) in [5.41, 5.74) is 3.73. The number of carbonyl (C=O) groups excluding carboxylic acids is 1. The molecule has 0 bridgehead atoms. The van der Waals surface area contributed by atoms with Gasteiger partial charge in [-0.15, -0.1) is 0 Å². The molecular formula is C16H15NO3. The van der Waals surface area contributed by atoms with Crippen molar-refractivity contribution in [2.75, 3.05) is 0 Å². The second-order valence-electron chi connectivity index (χ2n) is 5.20. The van der Waals surface area contributed by atoms with Gasteiger partial charge in [-0.05, 0) is 42.5 Å². The first-order chi connectivity index (χ1) is 9.56. The number of hydrogen-bond acceptors (Lipinski definition) is 2. The van der Waals surface area contributed by atoms with Crippen LogP contribution in [0.2, 0.25) is 0 Å². The summed E-state index contributed by atoms with van der Waals surface area (Å²) in [7, 11) is 1.63. The maximum Gasteiger partial charge on any atom is 0.352 e. The van der Waals surface area contributed by atoms with E-state index in [0.717, 1.165) is 19.3 Å². The average Bonchev–Trinajstić information content (AvgIpc) is 3.02. The van der Waals surface area contributed by atoms with Crippen LogP contribution in [0.25, 0.3) is 0 Å². The van der Waals surface area contributed by atoms with Crippen LogP contribution in [0.5, 0.6) is 0 Å². The fourth-order valence-corrected chi connectivity index (χ4v) is 2.78. The highest BCUT2D eigenvalue weighted by atomic mass is 16.4. The summed E-state index contributed by atoms with van der Waals surface area (Å²) in [6.45, 7) is 0. The zero-order chi connectivity index (χ0) is 14.3. The molecule has 2 aromatic rings. The van der Waals surface area contributed by atoms with Crippen molar-refractivity contribution in [3.05, 3.63) is 58.4 Å². The molecule has 1 N–H and O–H groups in total. The van der Waals surface area contributed by atoms with E-state index in [1.165, 1.54) is 21.8 Å². The fourth-order valence-electron chi connectivity index (χ4n) is 2.78. The lowest BCUT2D eigenvalue weighted by atomic mass is 10.0. The SMILES string of the molecule is Cn1cc(C(=O)c2ccc3c(c2)CCC3)cc1C(=O)O. The van der Waals surface area contributed by atoms with Gasteiger partial charge >= 0.3 is 5.97 Å². The number of ketones is 1. The smallest absolute Gasteiger partial charge is 0.352 e. The number of carboxylic acids is 1. The molecule has 4 nitrogen and oxygen atoms in total. The Kier molecular flexibility index (Phi) is 2.93. The minimum absolute atomic E-state index is 0.120. The van der Waals surface area contributed by atoms with E-state index in [1.54, 1.807) is 13.2 Å². The van der Waals surface area contributed by atoms with Gasteiger partial charge in [0.15, 0.2) is 5.78 Å². The topological polar surface area (TPSA) is 59.3 Å². The van der Waals surface area contributed by atoms with Crippen LogP contribution in [0, 0.1) is 0 Å². The van der Waals surface area contributed by atoms with Crippen LogP contribution in [0.15, 0.2) is 30.5 Å². The van der Waals surface area contributed by atoms with Crippen LogP contribution >= 0.6 is 0 Å². The Hall–Kier alpha value is -2.36. The Labute approximate surface area is 116 Å². The summed E-state index contributed by atoms with van der Waals surface area (Å²) in [6.07, 6.45) is 4.81. The molecular weight excluding hydrogens is 254 g/mol. The van der Waals surface area contributed by atoms with E-state index in [1.807, 2.05) is 18.2 Å². The van der Waals surface area contributed by atoms with E-state index in [-0.39, 0.29) is 11.5 Å². The normalized spacial score (nSPS) is 13.2. The van der Waals surface area contributed by atoms with Crippen LogP contribution in [0.3, 0.4) is 0 Å². The minimum atomic E-state index is -1.03. The molecule has 4 heteroatoms. The lowest BCUT2D eigenvalue weighted by Crippen LogP contribution is -2.02. The predicted molar refractivity (Wildman–Crippen MR) is 74.3 cm³/mol. The van der Waals surface area contributed by atoms with E-state index in [4.69, 9.17) is 5.11 Å². The van der Waals surface area contributed by atoms with Crippen molar-refractivity contribution in [1.29, 1.82) is 0 Å². The molecule has 1 heterocycles. The third-order valence-corrected chi connectivity index (χ3v) is 3.85. The molecule has 0 atom stereocenters. The van der Waals surface area contributed by atoms with E-state index in [0.29, 0.717) is 11.1 Å². The van der Waals surface area contributed by atoms with Crippen molar-refractivity contribution in [3.63, 3.8) is 0 Å². The number of nitrogens with zero attached hydrogens (tertiary/aromatic N) is 1. The number of rotatable bonds is 3. The molecule has 0 spiro atoms. The van der Waals surface area contributed by atoms with Gasteiger partial charge in [0.1, 0.15) is 5.69 Å². The third-order valence-electron chi connectivity index (χ3n) is 3.85. The quantitative estimate of drug-likeness (QED) is 0.871. The zero-order valence-electron chi connectivity index (χ0n) is 11.2.